The number of carboxylic acids is 1. The minimum atomic E-state index is -0.945. The highest BCUT2D eigenvalue weighted by Gasteiger charge is 2.20. The van der Waals surface area contributed by atoms with E-state index in [0.29, 0.717) is 11.6 Å². The molecule has 0 aliphatic rings. The normalized spacial score (nSPS) is 11.9. The first-order valence-corrected chi connectivity index (χ1v) is 6.03. The fraction of sp³-hybridized carbons (Fsp3) is 0.385. The zero-order valence-electron chi connectivity index (χ0n) is 10.1. The Morgan fingerprint density at radius 1 is 1.28 bits per heavy atom. The lowest BCUT2D eigenvalue weighted by atomic mass is 9.92. The maximum atomic E-state index is 11.4. The quantitative estimate of drug-likeness (QED) is 0.808. The second kappa shape index (κ2) is 7.01. The maximum absolute atomic E-state index is 11.4. The smallest absolute Gasteiger partial charge is 0.306 e. The summed E-state index contributed by atoms with van der Waals surface area (Å²) in [5.74, 6) is -1.73. The van der Waals surface area contributed by atoms with E-state index in [4.69, 9.17) is 21.4 Å². The average molecular weight is 271 g/mol. The molecule has 0 aliphatic carbocycles. The van der Waals surface area contributed by atoms with Gasteiger partial charge in [-0.15, -0.1) is 0 Å². The van der Waals surface area contributed by atoms with Gasteiger partial charge in [0.2, 0.25) is 0 Å². The number of esters is 1. The van der Waals surface area contributed by atoms with E-state index in [1.807, 2.05) is 0 Å². The Hall–Kier alpha value is -1.55. The van der Waals surface area contributed by atoms with Gasteiger partial charge in [-0.25, -0.2) is 0 Å². The van der Waals surface area contributed by atoms with E-state index in [2.05, 4.69) is 0 Å². The van der Waals surface area contributed by atoms with E-state index < -0.39 is 11.9 Å². The van der Waals surface area contributed by atoms with E-state index in [9.17, 15) is 9.59 Å². The van der Waals surface area contributed by atoms with Gasteiger partial charge in [0.25, 0.3) is 0 Å². The Kier molecular flexibility index (Phi) is 5.65. The van der Waals surface area contributed by atoms with Crippen LogP contribution in [0.3, 0.4) is 0 Å². The first kappa shape index (κ1) is 14.5. The number of halogens is 1. The van der Waals surface area contributed by atoms with E-state index in [1.54, 1.807) is 31.2 Å². The van der Waals surface area contributed by atoms with E-state index >= 15 is 0 Å². The lowest BCUT2D eigenvalue weighted by molar-refractivity contribution is -0.144. The van der Waals surface area contributed by atoms with Crippen molar-refractivity contribution in [2.75, 3.05) is 6.61 Å². The summed E-state index contributed by atoms with van der Waals surface area (Å²) < 4.78 is 4.84. The van der Waals surface area contributed by atoms with Crippen molar-refractivity contribution in [1.82, 2.24) is 0 Å². The topological polar surface area (TPSA) is 63.6 Å². The Labute approximate surface area is 111 Å². The molecule has 0 aliphatic heterocycles. The highest BCUT2D eigenvalue weighted by molar-refractivity contribution is 6.30. The summed E-state index contributed by atoms with van der Waals surface area (Å²) in [7, 11) is 0. The maximum Gasteiger partial charge on any atom is 0.306 e. The number of rotatable bonds is 6. The summed E-state index contributed by atoms with van der Waals surface area (Å²) in [5.41, 5.74) is 0.773. The molecule has 0 heterocycles. The Morgan fingerprint density at radius 3 is 2.39 bits per heavy atom. The summed E-state index contributed by atoms with van der Waals surface area (Å²) in [4.78, 5) is 22.2. The van der Waals surface area contributed by atoms with Gasteiger partial charge in [0.15, 0.2) is 0 Å². The fourth-order valence-corrected chi connectivity index (χ4v) is 1.80. The van der Waals surface area contributed by atoms with Crippen molar-refractivity contribution in [3.05, 3.63) is 34.9 Å². The molecule has 5 heteroatoms. The number of ether oxygens (including phenoxy) is 1. The molecule has 0 amide bonds. The Balaban J connectivity index is 2.80. The van der Waals surface area contributed by atoms with Gasteiger partial charge in [0, 0.05) is 10.9 Å². The van der Waals surface area contributed by atoms with Crippen molar-refractivity contribution in [3.8, 4) is 0 Å². The molecule has 0 saturated carbocycles. The number of aliphatic carboxylic acids is 1. The lowest BCUT2D eigenvalue weighted by Gasteiger charge is -2.14. The summed E-state index contributed by atoms with van der Waals surface area (Å²) in [6, 6.07) is 6.82. The summed E-state index contributed by atoms with van der Waals surface area (Å²) >= 11 is 5.77. The van der Waals surface area contributed by atoms with Crippen LogP contribution in [0.25, 0.3) is 0 Å². The first-order valence-electron chi connectivity index (χ1n) is 5.65. The molecule has 0 fully saturated rings. The average Bonchev–Trinajstić information content (AvgIpc) is 2.28. The van der Waals surface area contributed by atoms with Crippen LogP contribution in [0.1, 0.15) is 31.2 Å². The lowest BCUT2D eigenvalue weighted by Crippen LogP contribution is -2.13. The van der Waals surface area contributed by atoms with Gasteiger partial charge in [0.1, 0.15) is 0 Å². The number of hydrogen-bond donors (Lipinski definition) is 1. The van der Waals surface area contributed by atoms with Gasteiger partial charge in [-0.2, -0.15) is 0 Å². The van der Waals surface area contributed by atoms with E-state index in [0.717, 1.165) is 5.56 Å². The molecule has 0 saturated heterocycles. The monoisotopic (exact) mass is 270 g/mol. The molecular weight excluding hydrogens is 256 g/mol. The first-order chi connectivity index (χ1) is 8.52. The van der Waals surface area contributed by atoms with Crippen molar-refractivity contribution in [3.63, 3.8) is 0 Å². The molecule has 98 valence electrons. The molecule has 1 atom stereocenters. The van der Waals surface area contributed by atoms with Crippen LogP contribution in [-0.2, 0) is 14.3 Å². The summed E-state index contributed by atoms with van der Waals surface area (Å²) in [6.07, 6.45) is -0.0534. The highest BCUT2D eigenvalue weighted by atomic mass is 35.5. The zero-order valence-corrected chi connectivity index (χ0v) is 10.8. The standard InChI is InChI=1S/C13H15ClO4/c1-2-18-13(17)8-10(7-12(15)16)9-3-5-11(14)6-4-9/h3-6,10H,2,7-8H2,1H3,(H,15,16). The fourth-order valence-electron chi connectivity index (χ4n) is 1.67. The molecule has 0 aromatic heterocycles. The van der Waals surface area contributed by atoms with Crippen LogP contribution in [0.2, 0.25) is 5.02 Å². The second-order valence-electron chi connectivity index (χ2n) is 3.86. The Morgan fingerprint density at radius 2 is 1.89 bits per heavy atom. The van der Waals surface area contributed by atoms with Crippen LogP contribution in [0.5, 0.6) is 0 Å². The van der Waals surface area contributed by atoms with Gasteiger partial charge >= 0.3 is 11.9 Å². The molecule has 0 bridgehead atoms. The summed E-state index contributed by atoms with van der Waals surface area (Å²) in [5, 5.41) is 9.44. The third kappa shape index (κ3) is 4.75. The molecule has 1 unspecified atom stereocenters. The van der Waals surface area contributed by atoms with Crippen molar-refractivity contribution < 1.29 is 19.4 Å². The third-order valence-electron chi connectivity index (χ3n) is 2.48. The summed E-state index contributed by atoms with van der Waals surface area (Å²) in [6.45, 7) is 2.01. The van der Waals surface area contributed by atoms with Crippen LogP contribution in [0, 0.1) is 0 Å². The van der Waals surface area contributed by atoms with Gasteiger partial charge < -0.3 is 9.84 Å². The second-order valence-corrected chi connectivity index (χ2v) is 4.29. The van der Waals surface area contributed by atoms with Gasteiger partial charge in [-0.1, -0.05) is 23.7 Å². The molecule has 18 heavy (non-hydrogen) atoms. The number of carbonyl (C=O) groups is 2. The number of hydrogen-bond acceptors (Lipinski definition) is 3. The predicted octanol–water partition coefficient (Wildman–Crippen LogP) is 2.85. The van der Waals surface area contributed by atoms with Crippen molar-refractivity contribution in [2.45, 2.75) is 25.7 Å². The van der Waals surface area contributed by atoms with Crippen LogP contribution in [0.4, 0.5) is 0 Å². The van der Waals surface area contributed by atoms with Crippen LogP contribution in [-0.4, -0.2) is 23.7 Å². The van der Waals surface area contributed by atoms with Crippen molar-refractivity contribution in [1.29, 1.82) is 0 Å². The number of carbonyl (C=O) groups excluding carboxylic acids is 1. The van der Waals surface area contributed by atoms with Crippen molar-refractivity contribution in [2.24, 2.45) is 0 Å². The molecule has 0 spiro atoms. The van der Waals surface area contributed by atoms with Gasteiger partial charge in [-0.3, -0.25) is 9.59 Å². The van der Waals surface area contributed by atoms with Crippen LogP contribution >= 0.6 is 11.6 Å². The number of carboxylic acid groups (broad SMARTS) is 1. The number of benzene rings is 1. The minimum absolute atomic E-state index is 0.0573. The van der Waals surface area contributed by atoms with E-state index in [1.165, 1.54) is 0 Å². The third-order valence-corrected chi connectivity index (χ3v) is 2.73. The predicted molar refractivity (Wildman–Crippen MR) is 67.7 cm³/mol. The van der Waals surface area contributed by atoms with Crippen molar-refractivity contribution >= 4 is 23.5 Å². The molecule has 1 rings (SSSR count). The van der Waals surface area contributed by atoms with E-state index in [-0.39, 0.29) is 18.8 Å². The SMILES string of the molecule is CCOC(=O)CC(CC(=O)O)c1ccc(Cl)cc1. The van der Waals surface area contributed by atoms with Crippen LogP contribution < -0.4 is 0 Å². The highest BCUT2D eigenvalue weighted by Crippen LogP contribution is 2.25. The van der Waals surface area contributed by atoms with Gasteiger partial charge in [0.05, 0.1) is 19.4 Å². The Bertz CT molecular complexity index is 414. The van der Waals surface area contributed by atoms with Crippen LogP contribution in [0.15, 0.2) is 24.3 Å². The molecule has 1 N–H and O–H groups in total. The molecule has 1 aromatic rings. The minimum Gasteiger partial charge on any atom is -0.481 e. The molecular formula is C13H15ClO4. The molecule has 0 radical (unpaired) electrons. The van der Waals surface area contributed by atoms with Gasteiger partial charge in [-0.05, 0) is 24.6 Å². The molecule has 4 nitrogen and oxygen atoms in total. The largest absolute Gasteiger partial charge is 0.481 e. The zero-order chi connectivity index (χ0) is 13.5. The molecule has 1 aromatic carbocycles.